The van der Waals surface area contributed by atoms with Gasteiger partial charge in [0.1, 0.15) is 10.6 Å². The zero-order valence-corrected chi connectivity index (χ0v) is 19.2. The molecule has 1 aromatic carbocycles. The Morgan fingerprint density at radius 3 is 2.48 bits per heavy atom. The molecule has 5 nitrogen and oxygen atoms in total. The number of amides is 1. The summed E-state index contributed by atoms with van der Waals surface area (Å²) in [7, 11) is 3.68. The quantitative estimate of drug-likeness (QED) is 0.420. The Kier molecular flexibility index (Phi) is 5.46. The summed E-state index contributed by atoms with van der Waals surface area (Å²) in [5.41, 5.74) is 2.36. The molecule has 31 heavy (non-hydrogen) atoms. The number of aromatic nitrogens is 2. The second-order valence-electron chi connectivity index (χ2n) is 8.04. The minimum absolute atomic E-state index is 0.0939. The van der Waals surface area contributed by atoms with Crippen LogP contribution in [0.4, 0.5) is 5.82 Å². The molecule has 1 amide bonds. The molecular weight excluding hydrogens is 424 g/mol. The van der Waals surface area contributed by atoms with Crippen molar-refractivity contribution in [3.05, 3.63) is 53.2 Å². The smallest absolute Gasteiger partial charge is 0.225 e. The van der Waals surface area contributed by atoms with Crippen molar-refractivity contribution < 1.29 is 4.79 Å². The Hall–Kier alpha value is -2.77. The number of carbonyl (C=O) groups is 1. The largest absolute Gasteiger partial charge is 0.356 e. The SMILES string of the molecule is CN(C)C(=O)C1CCN(c2nc(-c3cccs3)nc3scc(-c4ccccc4)c23)CC1. The van der Waals surface area contributed by atoms with Crippen LogP contribution < -0.4 is 4.90 Å². The van der Waals surface area contributed by atoms with E-state index in [0.29, 0.717) is 0 Å². The second kappa shape index (κ2) is 8.40. The molecule has 158 valence electrons. The number of nitrogens with zero attached hydrogens (tertiary/aromatic N) is 4. The highest BCUT2D eigenvalue weighted by Gasteiger charge is 2.29. The molecular formula is C24H24N4OS2. The molecule has 0 radical (unpaired) electrons. The van der Waals surface area contributed by atoms with Crippen molar-refractivity contribution in [2.24, 2.45) is 5.92 Å². The third-order valence-corrected chi connectivity index (χ3v) is 7.56. The summed E-state index contributed by atoms with van der Waals surface area (Å²) >= 11 is 3.34. The van der Waals surface area contributed by atoms with Crippen LogP contribution in [0.1, 0.15) is 12.8 Å². The minimum Gasteiger partial charge on any atom is -0.356 e. The fourth-order valence-corrected chi connectivity index (χ4v) is 5.80. The fourth-order valence-electron chi connectivity index (χ4n) is 4.20. The van der Waals surface area contributed by atoms with Crippen molar-refractivity contribution in [3.8, 4) is 21.8 Å². The van der Waals surface area contributed by atoms with Gasteiger partial charge in [0.05, 0.1) is 10.3 Å². The Morgan fingerprint density at radius 1 is 1.03 bits per heavy atom. The zero-order chi connectivity index (χ0) is 21.4. The van der Waals surface area contributed by atoms with Crippen LogP contribution in [-0.4, -0.2) is 48.0 Å². The number of anilines is 1. The molecule has 1 fully saturated rings. The van der Waals surface area contributed by atoms with Crippen molar-refractivity contribution in [2.75, 3.05) is 32.1 Å². The maximum atomic E-state index is 12.4. The van der Waals surface area contributed by atoms with E-state index in [-0.39, 0.29) is 11.8 Å². The molecule has 1 aliphatic rings. The highest BCUT2D eigenvalue weighted by molar-refractivity contribution is 7.17. The fraction of sp³-hybridized carbons (Fsp3) is 0.292. The minimum atomic E-state index is 0.0939. The first-order valence-corrected chi connectivity index (χ1v) is 12.2. The van der Waals surface area contributed by atoms with Gasteiger partial charge in [-0.05, 0) is 29.9 Å². The summed E-state index contributed by atoms with van der Waals surface area (Å²) in [4.78, 5) is 28.6. The number of fused-ring (bicyclic) bond motifs is 1. The lowest BCUT2D eigenvalue weighted by atomic mass is 9.95. The van der Waals surface area contributed by atoms with Gasteiger partial charge in [-0.1, -0.05) is 36.4 Å². The van der Waals surface area contributed by atoms with Crippen LogP contribution in [-0.2, 0) is 4.79 Å². The van der Waals surface area contributed by atoms with Crippen LogP contribution in [0.3, 0.4) is 0 Å². The van der Waals surface area contributed by atoms with E-state index in [1.54, 1.807) is 27.6 Å². The Bertz CT molecular complexity index is 1190. The van der Waals surface area contributed by atoms with E-state index in [1.165, 1.54) is 11.1 Å². The Morgan fingerprint density at radius 2 is 1.81 bits per heavy atom. The van der Waals surface area contributed by atoms with E-state index in [2.05, 4.69) is 46.0 Å². The van der Waals surface area contributed by atoms with E-state index >= 15 is 0 Å². The number of rotatable bonds is 4. The molecule has 7 heteroatoms. The zero-order valence-electron chi connectivity index (χ0n) is 17.6. The van der Waals surface area contributed by atoms with E-state index in [1.807, 2.05) is 26.2 Å². The van der Waals surface area contributed by atoms with Crippen molar-refractivity contribution in [1.29, 1.82) is 0 Å². The van der Waals surface area contributed by atoms with Crippen LogP contribution in [0.25, 0.3) is 32.0 Å². The van der Waals surface area contributed by atoms with Gasteiger partial charge in [0.25, 0.3) is 0 Å². The second-order valence-corrected chi connectivity index (χ2v) is 9.84. The van der Waals surface area contributed by atoms with E-state index < -0.39 is 0 Å². The van der Waals surface area contributed by atoms with E-state index in [4.69, 9.17) is 9.97 Å². The van der Waals surface area contributed by atoms with Gasteiger partial charge in [-0.2, -0.15) is 0 Å². The Balaban J connectivity index is 1.58. The van der Waals surface area contributed by atoms with Gasteiger partial charge < -0.3 is 9.80 Å². The third-order valence-electron chi connectivity index (χ3n) is 5.83. The van der Waals surface area contributed by atoms with E-state index in [9.17, 15) is 4.79 Å². The van der Waals surface area contributed by atoms with Gasteiger partial charge in [0.2, 0.25) is 5.91 Å². The standard InChI is InChI=1S/C24H24N4OS2/c1-27(2)24(29)17-10-12-28(13-11-17)22-20-18(16-7-4-3-5-8-16)15-31-23(20)26-21(25-22)19-9-6-14-30-19/h3-9,14-15,17H,10-13H2,1-2H3. The number of thiophene rings is 2. The first kappa shape index (κ1) is 20.2. The van der Waals surface area contributed by atoms with Gasteiger partial charge in [-0.15, -0.1) is 22.7 Å². The lowest BCUT2D eigenvalue weighted by Gasteiger charge is -2.33. The molecule has 0 N–H and O–H groups in total. The number of benzene rings is 1. The number of hydrogen-bond donors (Lipinski definition) is 0. The molecule has 0 saturated carbocycles. The normalized spacial score (nSPS) is 14.8. The van der Waals surface area contributed by atoms with E-state index in [0.717, 1.165) is 52.7 Å². The Labute approximate surface area is 190 Å². The molecule has 1 saturated heterocycles. The molecule has 4 aromatic rings. The average Bonchev–Trinajstić information content (AvgIpc) is 3.49. The molecule has 4 heterocycles. The molecule has 5 rings (SSSR count). The van der Waals surface area contributed by atoms with Crippen molar-refractivity contribution in [1.82, 2.24) is 14.9 Å². The molecule has 0 bridgehead atoms. The maximum absolute atomic E-state index is 12.4. The van der Waals surface area contributed by atoms with Gasteiger partial charge >= 0.3 is 0 Å². The summed E-state index contributed by atoms with van der Waals surface area (Å²) in [5.74, 6) is 2.10. The molecule has 0 aliphatic carbocycles. The van der Waals surface area contributed by atoms with Crippen LogP contribution in [0.5, 0.6) is 0 Å². The van der Waals surface area contributed by atoms with Crippen molar-refractivity contribution in [3.63, 3.8) is 0 Å². The van der Waals surface area contributed by atoms with Crippen LogP contribution in [0.2, 0.25) is 0 Å². The third kappa shape index (κ3) is 3.83. The first-order valence-electron chi connectivity index (χ1n) is 10.5. The average molecular weight is 449 g/mol. The first-order chi connectivity index (χ1) is 15.1. The molecule has 1 aliphatic heterocycles. The summed E-state index contributed by atoms with van der Waals surface area (Å²) in [6, 6.07) is 14.6. The summed E-state index contributed by atoms with van der Waals surface area (Å²) in [6.45, 7) is 1.65. The lowest BCUT2D eigenvalue weighted by molar-refractivity contribution is -0.133. The van der Waals surface area contributed by atoms with Crippen molar-refractivity contribution >= 4 is 44.6 Å². The molecule has 0 atom stereocenters. The number of carbonyl (C=O) groups excluding carboxylic acids is 1. The predicted octanol–water partition coefficient (Wildman–Crippen LogP) is 5.39. The van der Waals surface area contributed by atoms with Crippen LogP contribution >= 0.6 is 22.7 Å². The highest BCUT2D eigenvalue weighted by atomic mass is 32.1. The number of piperidine rings is 1. The van der Waals surface area contributed by atoms with Gasteiger partial charge in [-0.25, -0.2) is 9.97 Å². The summed E-state index contributed by atoms with van der Waals surface area (Å²) in [5, 5.41) is 5.37. The number of hydrogen-bond acceptors (Lipinski definition) is 6. The monoisotopic (exact) mass is 448 g/mol. The predicted molar refractivity (Wildman–Crippen MR) is 130 cm³/mol. The van der Waals surface area contributed by atoms with Crippen molar-refractivity contribution in [2.45, 2.75) is 12.8 Å². The molecule has 0 unspecified atom stereocenters. The highest BCUT2D eigenvalue weighted by Crippen LogP contribution is 2.41. The van der Waals surface area contributed by atoms with Gasteiger partial charge in [-0.3, -0.25) is 4.79 Å². The van der Waals surface area contributed by atoms with Crippen LogP contribution in [0.15, 0.2) is 53.2 Å². The molecule has 0 spiro atoms. The topological polar surface area (TPSA) is 49.3 Å². The van der Waals surface area contributed by atoms with Gasteiger partial charge in [0.15, 0.2) is 5.82 Å². The van der Waals surface area contributed by atoms with Gasteiger partial charge in [0, 0.05) is 44.0 Å². The summed E-state index contributed by atoms with van der Waals surface area (Å²) in [6.07, 6.45) is 1.70. The summed E-state index contributed by atoms with van der Waals surface area (Å²) < 4.78 is 0. The lowest BCUT2D eigenvalue weighted by Crippen LogP contribution is -2.40. The maximum Gasteiger partial charge on any atom is 0.225 e. The molecule has 3 aromatic heterocycles. The van der Waals surface area contributed by atoms with Crippen LogP contribution in [0, 0.1) is 5.92 Å².